The van der Waals surface area contributed by atoms with Crippen LogP contribution in [0.2, 0.25) is 5.02 Å². The SMILES string of the molecule is Cc1ccc(C(Cc2cccc(Cl)c2)NN)cc1. The van der Waals surface area contributed by atoms with Crippen molar-refractivity contribution in [2.75, 3.05) is 0 Å². The number of aryl methyl sites for hydroxylation is 1. The fourth-order valence-electron chi connectivity index (χ4n) is 1.97. The first-order valence-electron chi connectivity index (χ1n) is 5.96. The van der Waals surface area contributed by atoms with Crippen molar-refractivity contribution in [3.63, 3.8) is 0 Å². The summed E-state index contributed by atoms with van der Waals surface area (Å²) in [4.78, 5) is 0. The van der Waals surface area contributed by atoms with Gasteiger partial charge in [-0.15, -0.1) is 0 Å². The molecule has 3 N–H and O–H groups in total. The molecule has 0 aliphatic carbocycles. The van der Waals surface area contributed by atoms with Gasteiger partial charge in [0.2, 0.25) is 0 Å². The van der Waals surface area contributed by atoms with E-state index >= 15 is 0 Å². The van der Waals surface area contributed by atoms with Crippen molar-refractivity contribution in [2.45, 2.75) is 19.4 Å². The van der Waals surface area contributed by atoms with E-state index in [4.69, 9.17) is 17.4 Å². The summed E-state index contributed by atoms with van der Waals surface area (Å²) < 4.78 is 0. The second-order valence-electron chi connectivity index (χ2n) is 4.46. The van der Waals surface area contributed by atoms with E-state index in [1.165, 1.54) is 16.7 Å². The molecular formula is C15H17ClN2. The van der Waals surface area contributed by atoms with Crippen molar-refractivity contribution in [2.24, 2.45) is 5.84 Å². The van der Waals surface area contributed by atoms with Gasteiger partial charge in [-0.25, -0.2) is 0 Å². The van der Waals surface area contributed by atoms with Crippen LogP contribution < -0.4 is 11.3 Å². The minimum atomic E-state index is 0.101. The predicted octanol–water partition coefficient (Wildman–Crippen LogP) is 3.40. The van der Waals surface area contributed by atoms with Gasteiger partial charge in [0, 0.05) is 11.1 Å². The average molecular weight is 261 g/mol. The van der Waals surface area contributed by atoms with Crippen molar-refractivity contribution in [1.82, 2.24) is 5.43 Å². The Kier molecular flexibility index (Phi) is 4.37. The third-order valence-corrected chi connectivity index (χ3v) is 3.24. The minimum absolute atomic E-state index is 0.101. The molecule has 0 radical (unpaired) electrons. The molecule has 0 saturated carbocycles. The zero-order valence-electron chi connectivity index (χ0n) is 10.4. The van der Waals surface area contributed by atoms with Crippen LogP contribution in [-0.2, 0) is 6.42 Å². The van der Waals surface area contributed by atoms with Gasteiger partial charge in [0.1, 0.15) is 0 Å². The van der Waals surface area contributed by atoms with Crippen molar-refractivity contribution >= 4 is 11.6 Å². The highest BCUT2D eigenvalue weighted by Gasteiger charge is 2.10. The normalized spacial score (nSPS) is 12.4. The molecule has 0 fully saturated rings. The number of nitrogens with two attached hydrogens (primary N) is 1. The molecule has 0 heterocycles. The van der Waals surface area contributed by atoms with E-state index in [-0.39, 0.29) is 6.04 Å². The van der Waals surface area contributed by atoms with Crippen LogP contribution in [0.4, 0.5) is 0 Å². The molecule has 1 unspecified atom stereocenters. The van der Waals surface area contributed by atoms with Crippen LogP contribution in [0.15, 0.2) is 48.5 Å². The molecule has 0 saturated heterocycles. The van der Waals surface area contributed by atoms with Crippen molar-refractivity contribution < 1.29 is 0 Å². The number of benzene rings is 2. The van der Waals surface area contributed by atoms with E-state index in [9.17, 15) is 0 Å². The molecule has 0 bridgehead atoms. The van der Waals surface area contributed by atoms with Crippen LogP contribution in [-0.4, -0.2) is 0 Å². The number of rotatable bonds is 4. The number of hydrogen-bond acceptors (Lipinski definition) is 2. The first-order chi connectivity index (χ1) is 8.69. The summed E-state index contributed by atoms with van der Waals surface area (Å²) in [6.45, 7) is 2.08. The molecule has 0 aliphatic rings. The monoisotopic (exact) mass is 260 g/mol. The van der Waals surface area contributed by atoms with Gasteiger partial charge in [0.25, 0.3) is 0 Å². The van der Waals surface area contributed by atoms with Gasteiger partial charge >= 0.3 is 0 Å². The molecule has 94 valence electrons. The highest BCUT2D eigenvalue weighted by atomic mass is 35.5. The van der Waals surface area contributed by atoms with Crippen LogP contribution in [0, 0.1) is 6.92 Å². The summed E-state index contributed by atoms with van der Waals surface area (Å²) in [5.41, 5.74) is 6.47. The lowest BCUT2D eigenvalue weighted by atomic mass is 9.99. The summed E-state index contributed by atoms with van der Waals surface area (Å²) in [5, 5.41) is 0.757. The van der Waals surface area contributed by atoms with E-state index in [2.05, 4.69) is 42.7 Å². The Morgan fingerprint density at radius 1 is 1.17 bits per heavy atom. The number of halogens is 1. The lowest BCUT2D eigenvalue weighted by Gasteiger charge is -2.16. The first kappa shape index (κ1) is 13.1. The molecule has 2 aromatic carbocycles. The Labute approximate surface area is 113 Å². The maximum absolute atomic E-state index is 5.99. The smallest absolute Gasteiger partial charge is 0.0500 e. The molecule has 0 spiro atoms. The van der Waals surface area contributed by atoms with Crippen LogP contribution in [0.25, 0.3) is 0 Å². The van der Waals surface area contributed by atoms with Gasteiger partial charge < -0.3 is 0 Å². The largest absolute Gasteiger partial charge is 0.271 e. The fourth-order valence-corrected chi connectivity index (χ4v) is 2.18. The zero-order chi connectivity index (χ0) is 13.0. The van der Waals surface area contributed by atoms with E-state index in [1.807, 2.05) is 18.2 Å². The second-order valence-corrected chi connectivity index (χ2v) is 4.90. The zero-order valence-corrected chi connectivity index (χ0v) is 11.1. The highest BCUT2D eigenvalue weighted by Crippen LogP contribution is 2.20. The number of nitrogens with one attached hydrogen (secondary N) is 1. The van der Waals surface area contributed by atoms with E-state index < -0.39 is 0 Å². The average Bonchev–Trinajstić information content (AvgIpc) is 2.37. The first-order valence-corrected chi connectivity index (χ1v) is 6.34. The Bertz CT molecular complexity index is 508. The van der Waals surface area contributed by atoms with Crippen LogP contribution in [0.3, 0.4) is 0 Å². The van der Waals surface area contributed by atoms with Gasteiger partial charge in [-0.05, 0) is 36.6 Å². The quantitative estimate of drug-likeness (QED) is 0.653. The molecule has 0 amide bonds. The Morgan fingerprint density at radius 2 is 1.89 bits per heavy atom. The predicted molar refractivity (Wildman–Crippen MR) is 76.4 cm³/mol. The molecule has 2 nitrogen and oxygen atoms in total. The van der Waals surface area contributed by atoms with Crippen LogP contribution in [0.1, 0.15) is 22.7 Å². The maximum atomic E-state index is 5.99. The molecule has 0 aromatic heterocycles. The third-order valence-electron chi connectivity index (χ3n) is 3.01. The topological polar surface area (TPSA) is 38.0 Å². The van der Waals surface area contributed by atoms with E-state index in [0.29, 0.717) is 0 Å². The number of hydrogen-bond donors (Lipinski definition) is 2. The summed E-state index contributed by atoms with van der Waals surface area (Å²) in [6, 6.07) is 16.4. The summed E-state index contributed by atoms with van der Waals surface area (Å²) >= 11 is 5.99. The Hall–Kier alpha value is -1.35. The standard InChI is InChI=1S/C15H17ClN2/c1-11-5-7-13(8-6-11)15(18-17)10-12-3-2-4-14(16)9-12/h2-9,15,18H,10,17H2,1H3. The van der Waals surface area contributed by atoms with Crippen molar-refractivity contribution in [3.05, 3.63) is 70.2 Å². The van der Waals surface area contributed by atoms with Crippen LogP contribution in [0.5, 0.6) is 0 Å². The van der Waals surface area contributed by atoms with Gasteiger partial charge in [0.05, 0.1) is 0 Å². The minimum Gasteiger partial charge on any atom is -0.271 e. The molecule has 2 rings (SSSR count). The molecule has 3 heteroatoms. The van der Waals surface area contributed by atoms with Crippen molar-refractivity contribution in [3.8, 4) is 0 Å². The molecular weight excluding hydrogens is 244 g/mol. The Morgan fingerprint density at radius 3 is 2.50 bits per heavy atom. The third kappa shape index (κ3) is 3.33. The molecule has 1 atom stereocenters. The van der Waals surface area contributed by atoms with Crippen LogP contribution >= 0.6 is 11.6 Å². The van der Waals surface area contributed by atoms with E-state index in [1.54, 1.807) is 0 Å². The van der Waals surface area contributed by atoms with E-state index in [0.717, 1.165) is 11.4 Å². The lowest BCUT2D eigenvalue weighted by Crippen LogP contribution is -2.29. The number of hydrazine groups is 1. The molecule has 2 aromatic rings. The highest BCUT2D eigenvalue weighted by molar-refractivity contribution is 6.30. The molecule has 18 heavy (non-hydrogen) atoms. The van der Waals surface area contributed by atoms with Crippen molar-refractivity contribution in [1.29, 1.82) is 0 Å². The lowest BCUT2D eigenvalue weighted by molar-refractivity contribution is 0.552. The fraction of sp³-hybridized carbons (Fsp3) is 0.200. The van der Waals surface area contributed by atoms with Gasteiger partial charge in [-0.3, -0.25) is 11.3 Å². The van der Waals surface area contributed by atoms with Gasteiger partial charge in [0.15, 0.2) is 0 Å². The summed E-state index contributed by atoms with van der Waals surface area (Å²) in [5.74, 6) is 5.65. The molecule has 0 aliphatic heterocycles. The maximum Gasteiger partial charge on any atom is 0.0500 e. The Balaban J connectivity index is 2.17. The summed E-state index contributed by atoms with van der Waals surface area (Å²) in [7, 11) is 0. The van der Waals surface area contributed by atoms with Gasteiger partial charge in [-0.2, -0.15) is 0 Å². The van der Waals surface area contributed by atoms with Gasteiger partial charge in [-0.1, -0.05) is 53.6 Å². The second kappa shape index (κ2) is 6.01. The summed E-state index contributed by atoms with van der Waals surface area (Å²) in [6.07, 6.45) is 0.820.